The van der Waals surface area contributed by atoms with Crippen LogP contribution in [0.4, 0.5) is 10.1 Å². The standard InChI is InChI=1S/C24H28FN5O4/c25-18-8-16-17(24(34)30(23(16)33)19-1-2-21(31)27-22(19)32)9-20(18)29-12-14-7-15(29)11-28(14)10-13-3-5-26-6-4-13/h8-9,13-15,19,26H,1-7,10-12H2,(H,27,31,32)/t14-,15-,19?/m1/s1. The highest BCUT2D eigenvalue weighted by Gasteiger charge is 2.48. The van der Waals surface area contributed by atoms with Crippen molar-refractivity contribution < 1.29 is 23.6 Å². The number of carbonyl (C=O) groups is 4. The van der Waals surface area contributed by atoms with Crippen molar-refractivity contribution in [2.24, 2.45) is 5.92 Å². The minimum Gasteiger partial charge on any atom is -0.363 e. The lowest BCUT2D eigenvalue weighted by Crippen LogP contribution is -2.54. The fourth-order valence-corrected chi connectivity index (χ4v) is 6.36. The topological polar surface area (TPSA) is 102 Å². The zero-order valence-electron chi connectivity index (χ0n) is 18.9. The summed E-state index contributed by atoms with van der Waals surface area (Å²) < 4.78 is 15.2. The molecule has 0 aromatic heterocycles. The molecule has 9 nitrogen and oxygen atoms in total. The van der Waals surface area contributed by atoms with Crippen molar-refractivity contribution in [2.45, 2.75) is 50.2 Å². The summed E-state index contributed by atoms with van der Waals surface area (Å²) in [7, 11) is 0. The first-order valence-electron chi connectivity index (χ1n) is 12.2. The Balaban J connectivity index is 1.20. The third-order valence-electron chi connectivity index (χ3n) is 8.12. The van der Waals surface area contributed by atoms with Crippen LogP contribution in [0.25, 0.3) is 0 Å². The van der Waals surface area contributed by atoms with Gasteiger partial charge in [-0.2, -0.15) is 0 Å². The van der Waals surface area contributed by atoms with Gasteiger partial charge in [-0.3, -0.25) is 34.3 Å². The van der Waals surface area contributed by atoms with Crippen molar-refractivity contribution in [3.63, 3.8) is 0 Å². The molecule has 0 aliphatic carbocycles. The molecule has 5 aliphatic rings. The van der Waals surface area contributed by atoms with Gasteiger partial charge in [-0.25, -0.2) is 4.39 Å². The Morgan fingerprint density at radius 3 is 2.35 bits per heavy atom. The molecule has 4 saturated heterocycles. The number of hydrogen-bond donors (Lipinski definition) is 2. The number of halogens is 1. The minimum absolute atomic E-state index is 0.0205. The Bertz CT molecular complexity index is 1090. The van der Waals surface area contributed by atoms with Crippen LogP contribution in [0.3, 0.4) is 0 Å². The highest BCUT2D eigenvalue weighted by molar-refractivity contribution is 6.23. The van der Waals surface area contributed by atoms with Gasteiger partial charge < -0.3 is 10.2 Å². The number of piperidine rings is 2. The zero-order chi connectivity index (χ0) is 23.6. The first kappa shape index (κ1) is 21.7. The van der Waals surface area contributed by atoms with Gasteiger partial charge in [-0.1, -0.05) is 0 Å². The summed E-state index contributed by atoms with van der Waals surface area (Å²) in [6.45, 7) is 4.80. The fourth-order valence-electron chi connectivity index (χ4n) is 6.36. The van der Waals surface area contributed by atoms with E-state index in [1.807, 2.05) is 4.90 Å². The quantitative estimate of drug-likeness (QED) is 0.619. The van der Waals surface area contributed by atoms with Crippen LogP contribution in [0.1, 0.15) is 52.8 Å². The molecule has 0 saturated carbocycles. The Kier molecular flexibility index (Phi) is 5.18. The minimum atomic E-state index is -1.05. The van der Waals surface area contributed by atoms with E-state index in [1.54, 1.807) is 0 Å². The maximum atomic E-state index is 15.2. The molecular weight excluding hydrogens is 441 g/mol. The number of benzene rings is 1. The van der Waals surface area contributed by atoms with Crippen molar-refractivity contribution in [3.8, 4) is 0 Å². The van der Waals surface area contributed by atoms with Gasteiger partial charge in [-0.05, 0) is 56.8 Å². The first-order valence-corrected chi connectivity index (χ1v) is 12.2. The summed E-state index contributed by atoms with van der Waals surface area (Å²) in [6.07, 6.45) is 3.48. The average molecular weight is 470 g/mol. The van der Waals surface area contributed by atoms with Gasteiger partial charge in [0, 0.05) is 38.1 Å². The fraction of sp³-hybridized carbons (Fsp3) is 0.583. The number of likely N-dealkylation sites (tertiary alicyclic amines) is 1. The Morgan fingerprint density at radius 1 is 0.941 bits per heavy atom. The lowest BCUT2D eigenvalue weighted by atomic mass is 9.97. The SMILES string of the molecule is O=C1CCC(N2C(=O)c3cc(F)c(N4C[C@H]5C[C@@H]4CN5CC4CCNCC4)cc3C2=O)C(=O)N1. The van der Waals surface area contributed by atoms with Crippen LogP contribution >= 0.6 is 0 Å². The molecule has 4 fully saturated rings. The van der Waals surface area contributed by atoms with E-state index in [-0.39, 0.29) is 30.0 Å². The summed E-state index contributed by atoms with van der Waals surface area (Å²) in [5.74, 6) is -2.21. The van der Waals surface area contributed by atoms with E-state index in [0.717, 1.165) is 43.6 Å². The van der Waals surface area contributed by atoms with Crippen molar-refractivity contribution in [1.29, 1.82) is 0 Å². The van der Waals surface area contributed by atoms with E-state index >= 15 is 4.39 Å². The summed E-state index contributed by atoms with van der Waals surface area (Å²) in [6, 6.07) is 2.11. The monoisotopic (exact) mass is 469 g/mol. The predicted molar refractivity (Wildman–Crippen MR) is 120 cm³/mol. The number of carbonyl (C=O) groups excluding carboxylic acids is 4. The molecule has 4 amide bonds. The molecule has 2 N–H and O–H groups in total. The summed E-state index contributed by atoms with van der Waals surface area (Å²) in [4.78, 5) is 55.2. The molecule has 3 atom stereocenters. The number of imide groups is 2. The van der Waals surface area contributed by atoms with Gasteiger partial charge in [0.25, 0.3) is 11.8 Å². The number of amides is 4. The molecule has 6 rings (SSSR count). The van der Waals surface area contributed by atoms with E-state index in [1.165, 1.54) is 18.9 Å². The molecule has 1 unspecified atom stereocenters. The van der Waals surface area contributed by atoms with Crippen LogP contribution < -0.4 is 15.5 Å². The third kappa shape index (κ3) is 3.42. The Morgan fingerprint density at radius 2 is 1.68 bits per heavy atom. The van der Waals surface area contributed by atoms with Crippen LogP contribution in [0.5, 0.6) is 0 Å². The highest BCUT2D eigenvalue weighted by Crippen LogP contribution is 2.39. The van der Waals surface area contributed by atoms with E-state index in [2.05, 4.69) is 15.5 Å². The van der Waals surface area contributed by atoms with E-state index < -0.39 is 35.5 Å². The number of anilines is 1. The smallest absolute Gasteiger partial charge is 0.262 e. The van der Waals surface area contributed by atoms with Crippen molar-refractivity contribution in [1.82, 2.24) is 20.4 Å². The lowest BCUT2D eigenvalue weighted by Gasteiger charge is -2.38. The number of fused-ring (bicyclic) bond motifs is 3. The molecule has 5 heterocycles. The van der Waals surface area contributed by atoms with Gasteiger partial charge in [0.05, 0.1) is 16.8 Å². The molecule has 1 aromatic carbocycles. The van der Waals surface area contributed by atoms with Crippen molar-refractivity contribution in [2.75, 3.05) is 37.6 Å². The van der Waals surface area contributed by atoms with Crippen LogP contribution in [-0.2, 0) is 9.59 Å². The Hall–Kier alpha value is -2.85. The zero-order valence-corrected chi connectivity index (χ0v) is 18.9. The second kappa shape index (κ2) is 8.13. The summed E-state index contributed by atoms with van der Waals surface area (Å²) in [5.41, 5.74) is 0.451. The number of hydrogen-bond acceptors (Lipinski definition) is 7. The molecule has 0 radical (unpaired) electrons. The van der Waals surface area contributed by atoms with Crippen LogP contribution in [0, 0.1) is 11.7 Å². The second-order valence-electron chi connectivity index (χ2n) is 10.1. The number of rotatable bonds is 4. The average Bonchev–Trinajstić information content (AvgIpc) is 3.47. The van der Waals surface area contributed by atoms with Crippen molar-refractivity contribution >= 4 is 29.3 Å². The molecular formula is C24H28FN5O4. The van der Waals surface area contributed by atoms with E-state index in [0.29, 0.717) is 24.2 Å². The number of nitrogens with one attached hydrogen (secondary N) is 2. The maximum Gasteiger partial charge on any atom is 0.262 e. The highest BCUT2D eigenvalue weighted by atomic mass is 19.1. The summed E-state index contributed by atoms with van der Waals surface area (Å²) in [5, 5.41) is 5.58. The molecule has 1 aromatic rings. The molecule has 5 aliphatic heterocycles. The first-order chi connectivity index (χ1) is 16.4. The second-order valence-corrected chi connectivity index (χ2v) is 10.1. The van der Waals surface area contributed by atoms with Crippen LogP contribution in [-0.4, -0.2) is 84.3 Å². The number of piperazine rings is 1. The van der Waals surface area contributed by atoms with Gasteiger partial charge in [0.1, 0.15) is 11.9 Å². The normalized spacial score (nSPS) is 29.9. The van der Waals surface area contributed by atoms with Crippen LogP contribution in [0.2, 0.25) is 0 Å². The molecule has 10 heteroatoms. The van der Waals surface area contributed by atoms with Gasteiger partial charge in [-0.15, -0.1) is 0 Å². The summed E-state index contributed by atoms with van der Waals surface area (Å²) >= 11 is 0. The van der Waals surface area contributed by atoms with E-state index in [4.69, 9.17) is 0 Å². The largest absolute Gasteiger partial charge is 0.363 e. The molecule has 180 valence electrons. The lowest BCUT2D eigenvalue weighted by molar-refractivity contribution is -0.136. The molecule has 34 heavy (non-hydrogen) atoms. The van der Waals surface area contributed by atoms with Crippen LogP contribution in [0.15, 0.2) is 12.1 Å². The third-order valence-corrected chi connectivity index (χ3v) is 8.12. The van der Waals surface area contributed by atoms with Gasteiger partial charge >= 0.3 is 0 Å². The maximum absolute atomic E-state index is 15.2. The van der Waals surface area contributed by atoms with Gasteiger partial charge in [0.15, 0.2) is 0 Å². The molecule has 0 spiro atoms. The van der Waals surface area contributed by atoms with E-state index in [9.17, 15) is 19.2 Å². The Labute approximate surface area is 196 Å². The predicted octanol–water partition coefficient (Wildman–Crippen LogP) is 0.489. The van der Waals surface area contributed by atoms with Gasteiger partial charge in [0.2, 0.25) is 11.8 Å². The number of nitrogens with zero attached hydrogens (tertiary/aromatic N) is 3. The molecule has 2 bridgehead atoms. The van der Waals surface area contributed by atoms with Crippen molar-refractivity contribution in [3.05, 3.63) is 29.1 Å².